The zero-order valence-electron chi connectivity index (χ0n) is 14.4. The monoisotopic (exact) mass is 355 g/mol. The highest BCUT2D eigenvalue weighted by Crippen LogP contribution is 2.16. The Morgan fingerprint density at radius 3 is 2.62 bits per heavy atom. The van der Waals surface area contributed by atoms with Gasteiger partial charge in [0.05, 0.1) is 19.6 Å². The number of carbonyl (C=O) groups is 2. The summed E-state index contributed by atoms with van der Waals surface area (Å²) in [6.07, 6.45) is 3.60. The Morgan fingerprint density at radius 2 is 1.92 bits per heavy atom. The lowest BCUT2D eigenvalue weighted by Gasteiger charge is -2.26. The average molecular weight is 355 g/mol. The molecule has 0 bridgehead atoms. The van der Waals surface area contributed by atoms with Crippen LogP contribution >= 0.6 is 0 Å². The number of rotatable bonds is 6. The summed E-state index contributed by atoms with van der Waals surface area (Å²) in [5.74, 6) is 0.410. The van der Waals surface area contributed by atoms with E-state index in [4.69, 9.17) is 9.47 Å². The third kappa shape index (κ3) is 5.29. The average Bonchev–Trinajstić information content (AvgIpc) is 2.68. The number of benzene rings is 1. The molecule has 0 saturated carbocycles. The number of ether oxygens (including phenoxy) is 2. The first-order valence-electron chi connectivity index (χ1n) is 8.48. The van der Waals surface area contributed by atoms with E-state index < -0.39 is 0 Å². The number of amides is 2. The van der Waals surface area contributed by atoms with Crippen molar-refractivity contribution in [2.75, 3.05) is 38.2 Å². The molecule has 1 saturated heterocycles. The van der Waals surface area contributed by atoms with E-state index in [1.807, 2.05) is 6.07 Å². The second-order valence-corrected chi connectivity index (χ2v) is 5.89. The van der Waals surface area contributed by atoms with E-state index in [9.17, 15) is 9.59 Å². The first kappa shape index (κ1) is 17.9. The molecule has 7 nitrogen and oxygen atoms in total. The summed E-state index contributed by atoms with van der Waals surface area (Å²) in [6.45, 7) is 2.33. The van der Waals surface area contributed by atoms with Crippen LogP contribution in [0.15, 0.2) is 48.8 Å². The van der Waals surface area contributed by atoms with Crippen molar-refractivity contribution < 1.29 is 19.1 Å². The van der Waals surface area contributed by atoms with E-state index in [0.29, 0.717) is 37.7 Å². The number of nitrogens with zero attached hydrogens (tertiary/aromatic N) is 2. The maximum atomic E-state index is 12.0. The van der Waals surface area contributed by atoms with Gasteiger partial charge < -0.3 is 19.7 Å². The van der Waals surface area contributed by atoms with Crippen molar-refractivity contribution in [2.24, 2.45) is 0 Å². The summed E-state index contributed by atoms with van der Waals surface area (Å²) < 4.78 is 10.7. The zero-order valence-corrected chi connectivity index (χ0v) is 14.4. The Labute approximate surface area is 151 Å². The Kier molecular flexibility index (Phi) is 6.16. The van der Waals surface area contributed by atoms with Gasteiger partial charge in [0, 0.05) is 31.2 Å². The molecule has 1 aliphatic rings. The van der Waals surface area contributed by atoms with Crippen LogP contribution in [0.1, 0.15) is 5.56 Å². The molecular formula is C19H21N3O4. The summed E-state index contributed by atoms with van der Waals surface area (Å²) in [5, 5.41) is 2.82. The first-order valence-corrected chi connectivity index (χ1v) is 8.48. The van der Waals surface area contributed by atoms with E-state index in [2.05, 4.69) is 10.3 Å². The van der Waals surface area contributed by atoms with Gasteiger partial charge in [-0.15, -0.1) is 0 Å². The number of aromatic nitrogens is 1. The Morgan fingerprint density at radius 1 is 1.15 bits per heavy atom. The van der Waals surface area contributed by atoms with E-state index in [1.54, 1.807) is 47.6 Å². The van der Waals surface area contributed by atoms with Crippen molar-refractivity contribution >= 4 is 17.5 Å². The quantitative estimate of drug-likeness (QED) is 0.849. The van der Waals surface area contributed by atoms with E-state index in [0.717, 1.165) is 5.56 Å². The molecule has 1 N–H and O–H groups in total. The van der Waals surface area contributed by atoms with Crippen LogP contribution in [-0.2, 0) is 20.7 Å². The second kappa shape index (κ2) is 8.96. The molecule has 1 aliphatic heterocycles. The van der Waals surface area contributed by atoms with Crippen molar-refractivity contribution in [2.45, 2.75) is 6.42 Å². The molecule has 0 unspecified atom stereocenters. The predicted octanol–water partition coefficient (Wildman–Crippen LogP) is 1.50. The molecule has 7 heteroatoms. The van der Waals surface area contributed by atoms with Crippen LogP contribution in [0.5, 0.6) is 5.75 Å². The zero-order chi connectivity index (χ0) is 18.2. The number of anilines is 1. The smallest absolute Gasteiger partial charge is 0.260 e. The SMILES string of the molecule is O=C(Cc1cccnc1)Nc1ccc(OCC(=O)N2CCOCC2)cc1. The van der Waals surface area contributed by atoms with Crippen molar-refractivity contribution in [1.29, 1.82) is 0 Å². The molecule has 0 spiro atoms. The van der Waals surface area contributed by atoms with Crippen LogP contribution in [0, 0.1) is 0 Å². The van der Waals surface area contributed by atoms with Crippen molar-refractivity contribution in [1.82, 2.24) is 9.88 Å². The first-order chi connectivity index (χ1) is 12.7. The lowest BCUT2D eigenvalue weighted by atomic mass is 10.2. The highest BCUT2D eigenvalue weighted by Gasteiger charge is 2.17. The van der Waals surface area contributed by atoms with Crippen molar-refractivity contribution in [3.05, 3.63) is 54.4 Å². The molecular weight excluding hydrogens is 334 g/mol. The van der Waals surface area contributed by atoms with Gasteiger partial charge in [0.2, 0.25) is 5.91 Å². The topological polar surface area (TPSA) is 80.8 Å². The fourth-order valence-corrected chi connectivity index (χ4v) is 2.58. The van der Waals surface area contributed by atoms with Gasteiger partial charge in [-0.05, 0) is 35.9 Å². The molecule has 0 radical (unpaired) electrons. The molecule has 2 amide bonds. The van der Waals surface area contributed by atoms with Crippen LogP contribution < -0.4 is 10.1 Å². The molecule has 2 aromatic rings. The third-order valence-corrected chi connectivity index (χ3v) is 3.95. The number of hydrogen-bond acceptors (Lipinski definition) is 5. The Hall–Kier alpha value is -2.93. The second-order valence-electron chi connectivity index (χ2n) is 5.89. The molecule has 1 aromatic carbocycles. The normalized spacial score (nSPS) is 13.9. The molecule has 2 heterocycles. The number of carbonyl (C=O) groups excluding carboxylic acids is 2. The predicted molar refractivity (Wildman–Crippen MR) is 95.9 cm³/mol. The van der Waals surface area contributed by atoms with Crippen LogP contribution in [0.2, 0.25) is 0 Å². The molecule has 1 aromatic heterocycles. The molecule has 0 aliphatic carbocycles. The van der Waals surface area contributed by atoms with Gasteiger partial charge >= 0.3 is 0 Å². The Balaban J connectivity index is 1.45. The minimum absolute atomic E-state index is 0.00723. The minimum atomic E-state index is -0.117. The fraction of sp³-hybridized carbons (Fsp3) is 0.316. The number of morpholine rings is 1. The van der Waals surface area contributed by atoms with Gasteiger partial charge in [-0.1, -0.05) is 6.07 Å². The van der Waals surface area contributed by atoms with Gasteiger partial charge in [-0.25, -0.2) is 0 Å². The largest absolute Gasteiger partial charge is 0.484 e. The van der Waals surface area contributed by atoms with E-state index >= 15 is 0 Å². The van der Waals surface area contributed by atoms with Gasteiger partial charge in [-0.2, -0.15) is 0 Å². The molecule has 0 atom stereocenters. The summed E-state index contributed by atoms with van der Waals surface area (Å²) in [6, 6.07) is 10.6. The number of hydrogen-bond donors (Lipinski definition) is 1. The highest BCUT2D eigenvalue weighted by molar-refractivity contribution is 5.92. The van der Waals surface area contributed by atoms with E-state index in [1.165, 1.54) is 0 Å². The molecule has 1 fully saturated rings. The van der Waals surface area contributed by atoms with Crippen molar-refractivity contribution in [3.63, 3.8) is 0 Å². The number of pyridine rings is 1. The lowest BCUT2D eigenvalue weighted by Crippen LogP contribution is -2.42. The van der Waals surface area contributed by atoms with Gasteiger partial charge in [0.25, 0.3) is 5.91 Å². The maximum absolute atomic E-state index is 12.0. The maximum Gasteiger partial charge on any atom is 0.260 e. The van der Waals surface area contributed by atoms with Crippen LogP contribution in [-0.4, -0.2) is 54.6 Å². The summed E-state index contributed by atoms with van der Waals surface area (Å²) in [4.78, 5) is 29.8. The molecule has 26 heavy (non-hydrogen) atoms. The van der Waals surface area contributed by atoms with Gasteiger partial charge in [0.15, 0.2) is 6.61 Å². The van der Waals surface area contributed by atoms with Crippen LogP contribution in [0.4, 0.5) is 5.69 Å². The van der Waals surface area contributed by atoms with E-state index in [-0.39, 0.29) is 24.8 Å². The minimum Gasteiger partial charge on any atom is -0.484 e. The van der Waals surface area contributed by atoms with Gasteiger partial charge in [0.1, 0.15) is 5.75 Å². The van der Waals surface area contributed by atoms with Gasteiger partial charge in [-0.3, -0.25) is 14.6 Å². The lowest BCUT2D eigenvalue weighted by molar-refractivity contribution is -0.137. The number of nitrogens with one attached hydrogen (secondary N) is 1. The fourth-order valence-electron chi connectivity index (χ4n) is 2.58. The van der Waals surface area contributed by atoms with Crippen LogP contribution in [0.3, 0.4) is 0 Å². The summed E-state index contributed by atoms with van der Waals surface area (Å²) in [7, 11) is 0. The van der Waals surface area contributed by atoms with Crippen molar-refractivity contribution in [3.8, 4) is 5.75 Å². The van der Waals surface area contributed by atoms with Crippen LogP contribution in [0.25, 0.3) is 0 Å². The summed E-state index contributed by atoms with van der Waals surface area (Å²) >= 11 is 0. The standard InChI is InChI=1S/C19H21N3O4/c23-18(12-15-2-1-7-20-13-15)21-16-3-5-17(6-4-16)26-14-19(24)22-8-10-25-11-9-22/h1-7,13H,8-12,14H2,(H,21,23). The summed E-state index contributed by atoms with van der Waals surface area (Å²) in [5.41, 5.74) is 1.53. The molecule has 136 valence electrons. The Bertz CT molecular complexity index is 728. The third-order valence-electron chi connectivity index (χ3n) is 3.95. The molecule has 3 rings (SSSR count). The highest BCUT2D eigenvalue weighted by atomic mass is 16.5.